The van der Waals surface area contributed by atoms with Crippen LogP contribution in [-0.4, -0.2) is 29.9 Å². The number of imide groups is 1. The maximum absolute atomic E-state index is 10.8. The summed E-state index contributed by atoms with van der Waals surface area (Å²) in [5.74, 6) is -0.274. The Labute approximate surface area is 63.6 Å². The molecule has 0 radical (unpaired) electrons. The summed E-state index contributed by atoms with van der Waals surface area (Å²) in [5.41, 5.74) is 0. The molecule has 5 heteroatoms. The van der Waals surface area contributed by atoms with Gasteiger partial charge < -0.3 is 4.90 Å². The average Bonchev–Trinajstić information content (AvgIpc) is 1.95. The van der Waals surface area contributed by atoms with Crippen LogP contribution in [-0.2, 0) is 4.79 Å². The van der Waals surface area contributed by atoms with E-state index in [1.807, 2.05) is 6.07 Å². The van der Waals surface area contributed by atoms with Crippen molar-refractivity contribution in [3.05, 3.63) is 0 Å². The molecule has 1 heterocycles. The number of nitriles is 1. The lowest BCUT2D eigenvalue weighted by Gasteiger charge is -2.23. The van der Waals surface area contributed by atoms with Crippen molar-refractivity contribution in [3.8, 4) is 6.07 Å². The van der Waals surface area contributed by atoms with Gasteiger partial charge in [-0.1, -0.05) is 0 Å². The molecular weight excluding hydrogens is 146 g/mol. The minimum absolute atomic E-state index is 0.0408. The summed E-state index contributed by atoms with van der Waals surface area (Å²) >= 11 is 0. The summed E-state index contributed by atoms with van der Waals surface area (Å²) < 4.78 is 0. The van der Waals surface area contributed by atoms with Crippen molar-refractivity contribution in [2.24, 2.45) is 0 Å². The molecule has 0 bridgehead atoms. The Bertz CT molecular complexity index is 230. The number of nitrogens with one attached hydrogen (secondary N) is 1. The van der Waals surface area contributed by atoms with Crippen LogP contribution in [0.25, 0.3) is 0 Å². The zero-order chi connectivity index (χ0) is 8.27. The fourth-order valence-electron chi connectivity index (χ4n) is 0.835. The van der Waals surface area contributed by atoms with Crippen LogP contribution in [0.5, 0.6) is 0 Å². The van der Waals surface area contributed by atoms with E-state index < -0.39 is 6.03 Å². The molecule has 1 N–H and O–H groups in total. The molecule has 0 aliphatic carbocycles. The Hall–Kier alpha value is -1.57. The predicted molar refractivity (Wildman–Crippen MR) is 35.3 cm³/mol. The molecule has 11 heavy (non-hydrogen) atoms. The largest absolute Gasteiger partial charge is 0.324 e. The number of nitrogens with zero attached hydrogens (tertiary/aromatic N) is 2. The summed E-state index contributed by atoms with van der Waals surface area (Å²) in [6, 6.07) is 1.37. The van der Waals surface area contributed by atoms with E-state index >= 15 is 0 Å². The van der Waals surface area contributed by atoms with Crippen LogP contribution < -0.4 is 5.32 Å². The van der Waals surface area contributed by atoms with Crippen molar-refractivity contribution >= 4 is 11.9 Å². The maximum Gasteiger partial charge on any atom is 0.324 e. The summed E-state index contributed by atoms with van der Waals surface area (Å²) in [5, 5.41) is 10.4. The Morgan fingerprint density at radius 2 is 2.36 bits per heavy atom. The Kier molecular flexibility index (Phi) is 2.06. The first-order valence-electron chi connectivity index (χ1n) is 3.20. The van der Waals surface area contributed by atoms with E-state index in [2.05, 4.69) is 5.32 Å². The Balaban J connectivity index is 2.52. The molecule has 1 saturated heterocycles. The fraction of sp³-hybridized carbons (Fsp3) is 0.500. The second-order valence-corrected chi connectivity index (χ2v) is 2.18. The topological polar surface area (TPSA) is 73.2 Å². The van der Waals surface area contributed by atoms with Crippen molar-refractivity contribution in [2.45, 2.75) is 6.42 Å². The zero-order valence-corrected chi connectivity index (χ0v) is 5.83. The first kappa shape index (κ1) is 7.54. The van der Waals surface area contributed by atoms with Crippen LogP contribution >= 0.6 is 0 Å². The Morgan fingerprint density at radius 3 is 2.91 bits per heavy atom. The highest BCUT2D eigenvalue weighted by atomic mass is 16.2. The lowest BCUT2D eigenvalue weighted by molar-refractivity contribution is -0.121. The van der Waals surface area contributed by atoms with Gasteiger partial charge in [0.2, 0.25) is 5.91 Å². The van der Waals surface area contributed by atoms with Crippen LogP contribution in [0, 0.1) is 11.3 Å². The third-order valence-corrected chi connectivity index (χ3v) is 1.40. The van der Waals surface area contributed by atoms with Gasteiger partial charge in [0.25, 0.3) is 0 Å². The van der Waals surface area contributed by atoms with Gasteiger partial charge in [0.05, 0.1) is 6.07 Å². The normalized spacial score (nSPS) is 17.5. The highest BCUT2D eigenvalue weighted by Crippen LogP contribution is 1.98. The van der Waals surface area contributed by atoms with Gasteiger partial charge in [-0.15, -0.1) is 0 Å². The Morgan fingerprint density at radius 1 is 1.64 bits per heavy atom. The van der Waals surface area contributed by atoms with E-state index in [-0.39, 0.29) is 18.9 Å². The minimum Gasteiger partial charge on any atom is -0.311 e. The third kappa shape index (κ3) is 1.67. The number of urea groups is 1. The van der Waals surface area contributed by atoms with Crippen LogP contribution in [0.4, 0.5) is 4.79 Å². The molecule has 1 aliphatic heterocycles. The predicted octanol–water partition coefficient (Wildman–Crippen LogP) is -0.548. The van der Waals surface area contributed by atoms with E-state index in [1.165, 1.54) is 4.90 Å². The molecule has 1 rings (SSSR count). The smallest absolute Gasteiger partial charge is 0.311 e. The fourth-order valence-corrected chi connectivity index (χ4v) is 0.835. The van der Waals surface area contributed by atoms with E-state index in [0.717, 1.165) is 0 Å². The number of amides is 3. The lowest BCUT2D eigenvalue weighted by Crippen LogP contribution is -2.49. The standard InChI is InChI=1S/C6H7N3O2/c7-2-4-9-3-1-5(10)8-6(9)11/h1,3-4H2,(H,8,10,11). The van der Waals surface area contributed by atoms with E-state index in [4.69, 9.17) is 5.26 Å². The second-order valence-electron chi connectivity index (χ2n) is 2.18. The molecule has 0 aromatic carbocycles. The molecule has 58 valence electrons. The molecule has 1 fully saturated rings. The number of hydrogen-bond donors (Lipinski definition) is 1. The van der Waals surface area contributed by atoms with Crippen LogP contribution in [0.1, 0.15) is 6.42 Å². The van der Waals surface area contributed by atoms with Crippen molar-refractivity contribution in [1.29, 1.82) is 5.26 Å². The molecule has 0 spiro atoms. The van der Waals surface area contributed by atoms with Gasteiger partial charge in [-0.05, 0) is 0 Å². The maximum atomic E-state index is 10.8. The molecule has 1 aliphatic rings. The first-order valence-corrected chi connectivity index (χ1v) is 3.20. The van der Waals surface area contributed by atoms with Gasteiger partial charge in [0.1, 0.15) is 6.54 Å². The van der Waals surface area contributed by atoms with Crippen LogP contribution in [0.3, 0.4) is 0 Å². The SMILES string of the molecule is N#CCN1CCC(=O)NC1=O. The monoisotopic (exact) mass is 153 g/mol. The molecule has 0 atom stereocenters. The lowest BCUT2D eigenvalue weighted by atomic mass is 10.3. The number of carbonyl (C=O) groups is 2. The van der Waals surface area contributed by atoms with E-state index in [0.29, 0.717) is 6.54 Å². The summed E-state index contributed by atoms with van der Waals surface area (Å²) in [4.78, 5) is 22.7. The second kappa shape index (κ2) is 3.01. The van der Waals surface area contributed by atoms with Crippen LogP contribution in [0.15, 0.2) is 0 Å². The molecule has 0 saturated carbocycles. The highest BCUT2D eigenvalue weighted by molar-refractivity contribution is 5.96. The van der Waals surface area contributed by atoms with Crippen molar-refractivity contribution in [1.82, 2.24) is 10.2 Å². The summed E-state index contributed by atoms with van der Waals surface area (Å²) in [7, 11) is 0. The molecule has 5 nitrogen and oxygen atoms in total. The van der Waals surface area contributed by atoms with Gasteiger partial charge in [-0.3, -0.25) is 10.1 Å². The average molecular weight is 153 g/mol. The van der Waals surface area contributed by atoms with Crippen LogP contribution in [0.2, 0.25) is 0 Å². The van der Waals surface area contributed by atoms with Crippen molar-refractivity contribution < 1.29 is 9.59 Å². The number of rotatable bonds is 1. The quantitative estimate of drug-likeness (QED) is 0.514. The molecule has 0 unspecified atom stereocenters. The first-order chi connectivity index (χ1) is 5.24. The van der Waals surface area contributed by atoms with Crippen molar-refractivity contribution in [3.63, 3.8) is 0 Å². The highest BCUT2D eigenvalue weighted by Gasteiger charge is 2.21. The minimum atomic E-state index is -0.470. The van der Waals surface area contributed by atoms with E-state index in [9.17, 15) is 9.59 Å². The summed E-state index contributed by atoms with van der Waals surface area (Å²) in [6.07, 6.45) is 0.285. The molecule has 0 aromatic heterocycles. The van der Waals surface area contributed by atoms with E-state index in [1.54, 1.807) is 0 Å². The van der Waals surface area contributed by atoms with Gasteiger partial charge in [-0.25, -0.2) is 4.79 Å². The molecular formula is C6H7N3O2. The number of hydrogen-bond acceptors (Lipinski definition) is 3. The third-order valence-electron chi connectivity index (χ3n) is 1.40. The molecule has 0 aromatic rings. The summed E-state index contributed by atoms with van der Waals surface area (Å²) in [6.45, 7) is 0.386. The van der Waals surface area contributed by atoms with Gasteiger partial charge in [-0.2, -0.15) is 5.26 Å². The van der Waals surface area contributed by atoms with Gasteiger partial charge >= 0.3 is 6.03 Å². The molecule has 3 amide bonds. The number of carbonyl (C=O) groups excluding carboxylic acids is 2. The zero-order valence-electron chi connectivity index (χ0n) is 5.83. The van der Waals surface area contributed by atoms with Gasteiger partial charge in [0.15, 0.2) is 0 Å². The van der Waals surface area contributed by atoms with Gasteiger partial charge in [0, 0.05) is 13.0 Å². The van der Waals surface area contributed by atoms with Crippen molar-refractivity contribution in [2.75, 3.05) is 13.1 Å².